The van der Waals surface area contributed by atoms with Crippen molar-refractivity contribution < 1.29 is 14.3 Å². The number of benzene rings is 2. The summed E-state index contributed by atoms with van der Waals surface area (Å²) in [6.07, 6.45) is 0.858. The predicted octanol–water partition coefficient (Wildman–Crippen LogP) is 2.84. The van der Waals surface area contributed by atoms with E-state index in [2.05, 4.69) is 10.6 Å². The maximum atomic E-state index is 12.4. The van der Waals surface area contributed by atoms with Gasteiger partial charge in [0.05, 0.1) is 0 Å². The highest BCUT2D eigenvalue weighted by molar-refractivity contribution is 6.06. The number of nitrogens with one attached hydrogen (secondary N) is 2. The monoisotopic (exact) mass is 377 g/mol. The molecule has 2 aromatic rings. The van der Waals surface area contributed by atoms with Crippen molar-refractivity contribution in [2.45, 2.75) is 13.3 Å². The van der Waals surface area contributed by atoms with Gasteiger partial charge in [-0.25, -0.2) is 0 Å². The number of ether oxygens (including phenoxy) is 1. The quantitative estimate of drug-likeness (QED) is 0.659. The van der Waals surface area contributed by atoms with Crippen molar-refractivity contribution in [2.24, 2.45) is 5.73 Å². The third-order valence-corrected chi connectivity index (χ3v) is 3.42. The molecule has 2 amide bonds. The van der Waals surface area contributed by atoms with Gasteiger partial charge in [0.2, 0.25) is 0 Å². The van der Waals surface area contributed by atoms with E-state index >= 15 is 0 Å². The Bertz CT molecular complexity index is 720. The summed E-state index contributed by atoms with van der Waals surface area (Å²) in [5.74, 6) is 0.233. The van der Waals surface area contributed by atoms with E-state index in [1.54, 1.807) is 48.5 Å². The number of rotatable bonds is 8. The highest BCUT2D eigenvalue weighted by Crippen LogP contribution is 2.16. The molecule has 4 N–H and O–H groups in total. The minimum Gasteiger partial charge on any atom is -0.492 e. The predicted molar refractivity (Wildman–Crippen MR) is 105 cm³/mol. The van der Waals surface area contributed by atoms with Crippen molar-refractivity contribution in [3.8, 4) is 5.75 Å². The van der Waals surface area contributed by atoms with Crippen LogP contribution in [0.25, 0.3) is 0 Å². The lowest BCUT2D eigenvalue weighted by atomic mass is 10.1. The topological polar surface area (TPSA) is 93.5 Å². The van der Waals surface area contributed by atoms with Gasteiger partial charge in [0, 0.05) is 29.9 Å². The zero-order valence-electron chi connectivity index (χ0n) is 14.7. The van der Waals surface area contributed by atoms with E-state index < -0.39 is 0 Å². The molecule has 0 unspecified atom stereocenters. The standard InChI is InChI=1S/C19H23N3O3.ClH/c1-2-11-21-18(23)14-4-3-5-15(13-14)19(24)22-16-6-8-17(9-7-16)25-12-10-20;/h3-9,13H,2,10-12,20H2,1H3,(H,21,23)(H,22,24);1H. The van der Waals surface area contributed by atoms with Gasteiger partial charge in [-0.15, -0.1) is 12.4 Å². The summed E-state index contributed by atoms with van der Waals surface area (Å²) in [5.41, 5.74) is 6.92. The molecule has 26 heavy (non-hydrogen) atoms. The summed E-state index contributed by atoms with van der Waals surface area (Å²) in [6, 6.07) is 13.7. The lowest BCUT2D eigenvalue weighted by molar-refractivity contribution is 0.0953. The Balaban J connectivity index is 0.00000338. The molecule has 0 radical (unpaired) electrons. The summed E-state index contributed by atoms with van der Waals surface area (Å²) in [5, 5.41) is 5.59. The zero-order valence-corrected chi connectivity index (χ0v) is 15.5. The molecule has 0 aliphatic rings. The first kappa shape index (κ1) is 21.5. The molecular weight excluding hydrogens is 354 g/mol. The van der Waals surface area contributed by atoms with Crippen LogP contribution >= 0.6 is 12.4 Å². The van der Waals surface area contributed by atoms with Crippen molar-refractivity contribution in [3.63, 3.8) is 0 Å². The van der Waals surface area contributed by atoms with Crippen LogP contribution in [0.5, 0.6) is 5.75 Å². The lowest BCUT2D eigenvalue weighted by Gasteiger charge is -2.09. The van der Waals surface area contributed by atoms with Crippen molar-refractivity contribution in [1.29, 1.82) is 0 Å². The number of halogens is 1. The molecule has 2 rings (SSSR count). The summed E-state index contributed by atoms with van der Waals surface area (Å²) < 4.78 is 5.39. The zero-order chi connectivity index (χ0) is 18.1. The van der Waals surface area contributed by atoms with Crippen molar-refractivity contribution in [3.05, 3.63) is 59.7 Å². The highest BCUT2D eigenvalue weighted by atomic mass is 35.5. The Morgan fingerprint density at radius 3 is 2.31 bits per heavy atom. The van der Waals surface area contributed by atoms with Gasteiger partial charge in [-0.3, -0.25) is 9.59 Å². The molecule has 140 valence electrons. The first-order chi connectivity index (χ1) is 12.1. The number of nitrogens with two attached hydrogens (primary N) is 1. The highest BCUT2D eigenvalue weighted by Gasteiger charge is 2.10. The molecule has 0 saturated carbocycles. The van der Waals surface area contributed by atoms with Crippen LogP contribution < -0.4 is 21.1 Å². The smallest absolute Gasteiger partial charge is 0.255 e. The number of anilines is 1. The van der Waals surface area contributed by atoms with Gasteiger partial charge in [0.15, 0.2) is 0 Å². The van der Waals surface area contributed by atoms with E-state index in [1.165, 1.54) is 0 Å². The molecule has 0 bridgehead atoms. The maximum Gasteiger partial charge on any atom is 0.255 e. The van der Waals surface area contributed by atoms with E-state index in [0.717, 1.165) is 6.42 Å². The van der Waals surface area contributed by atoms with Crippen LogP contribution in [0.2, 0.25) is 0 Å². The fraction of sp³-hybridized carbons (Fsp3) is 0.263. The van der Waals surface area contributed by atoms with Gasteiger partial charge in [-0.2, -0.15) is 0 Å². The fourth-order valence-corrected chi connectivity index (χ4v) is 2.16. The third-order valence-electron chi connectivity index (χ3n) is 3.42. The molecule has 0 aromatic heterocycles. The average Bonchev–Trinajstić information content (AvgIpc) is 2.65. The Hall–Kier alpha value is -2.57. The summed E-state index contributed by atoms with van der Waals surface area (Å²) in [4.78, 5) is 24.4. The molecular formula is C19H24ClN3O3. The Morgan fingerprint density at radius 1 is 1.04 bits per heavy atom. The summed E-state index contributed by atoms with van der Waals surface area (Å²) >= 11 is 0. The van der Waals surface area contributed by atoms with Crippen molar-refractivity contribution in [1.82, 2.24) is 5.32 Å². The molecule has 0 heterocycles. The van der Waals surface area contributed by atoms with Crippen LogP contribution in [0, 0.1) is 0 Å². The van der Waals surface area contributed by atoms with E-state index in [4.69, 9.17) is 10.5 Å². The second-order valence-electron chi connectivity index (χ2n) is 5.45. The molecule has 0 atom stereocenters. The molecule has 0 aliphatic heterocycles. The maximum absolute atomic E-state index is 12.4. The number of carbonyl (C=O) groups is 2. The van der Waals surface area contributed by atoms with Gasteiger partial charge < -0.3 is 21.1 Å². The van der Waals surface area contributed by atoms with E-state index in [-0.39, 0.29) is 24.2 Å². The van der Waals surface area contributed by atoms with Crippen molar-refractivity contribution >= 4 is 29.9 Å². The van der Waals surface area contributed by atoms with Gasteiger partial charge in [-0.1, -0.05) is 13.0 Å². The van der Waals surface area contributed by atoms with Gasteiger partial charge in [0.25, 0.3) is 11.8 Å². The largest absolute Gasteiger partial charge is 0.492 e. The van der Waals surface area contributed by atoms with Gasteiger partial charge >= 0.3 is 0 Å². The van der Waals surface area contributed by atoms with Gasteiger partial charge in [-0.05, 0) is 48.9 Å². The average molecular weight is 378 g/mol. The number of hydrogen-bond acceptors (Lipinski definition) is 4. The number of carbonyl (C=O) groups excluding carboxylic acids is 2. The number of amides is 2. The Morgan fingerprint density at radius 2 is 1.69 bits per heavy atom. The fourth-order valence-electron chi connectivity index (χ4n) is 2.16. The minimum atomic E-state index is -0.277. The van der Waals surface area contributed by atoms with E-state index in [9.17, 15) is 9.59 Å². The normalized spacial score (nSPS) is 9.77. The lowest BCUT2D eigenvalue weighted by Crippen LogP contribution is -2.24. The Labute approximate surface area is 159 Å². The molecule has 2 aromatic carbocycles. The van der Waals surface area contributed by atoms with Crippen LogP contribution in [-0.4, -0.2) is 31.5 Å². The van der Waals surface area contributed by atoms with Crippen LogP contribution in [0.4, 0.5) is 5.69 Å². The second kappa shape index (κ2) is 11.1. The minimum absolute atomic E-state index is 0. The molecule has 6 nitrogen and oxygen atoms in total. The SMILES string of the molecule is CCCNC(=O)c1cccc(C(=O)Nc2ccc(OCCN)cc2)c1.Cl. The van der Waals surface area contributed by atoms with E-state index in [1.807, 2.05) is 6.92 Å². The summed E-state index contributed by atoms with van der Waals surface area (Å²) in [6.45, 7) is 3.48. The van der Waals surface area contributed by atoms with Gasteiger partial charge in [0.1, 0.15) is 12.4 Å². The van der Waals surface area contributed by atoms with Crippen LogP contribution in [0.3, 0.4) is 0 Å². The molecule has 7 heteroatoms. The molecule has 0 fully saturated rings. The van der Waals surface area contributed by atoms with Crippen molar-refractivity contribution in [2.75, 3.05) is 25.0 Å². The molecule has 0 saturated heterocycles. The van der Waals surface area contributed by atoms with E-state index in [0.29, 0.717) is 42.3 Å². The third kappa shape index (κ3) is 6.38. The van der Waals surface area contributed by atoms with Crippen LogP contribution in [0.15, 0.2) is 48.5 Å². The second-order valence-corrected chi connectivity index (χ2v) is 5.45. The number of hydrogen-bond donors (Lipinski definition) is 3. The first-order valence-electron chi connectivity index (χ1n) is 8.26. The summed E-state index contributed by atoms with van der Waals surface area (Å²) in [7, 11) is 0. The first-order valence-corrected chi connectivity index (χ1v) is 8.26. The Kier molecular flexibility index (Phi) is 9.19. The van der Waals surface area contributed by atoms with Crippen LogP contribution in [0.1, 0.15) is 34.1 Å². The van der Waals surface area contributed by atoms with Crippen LogP contribution in [-0.2, 0) is 0 Å². The molecule has 0 aliphatic carbocycles. The molecule has 0 spiro atoms.